The van der Waals surface area contributed by atoms with Crippen molar-refractivity contribution in [2.75, 3.05) is 12.4 Å². The minimum atomic E-state index is -0.378. The number of thiazole rings is 1. The Morgan fingerprint density at radius 1 is 1.50 bits per heavy atom. The summed E-state index contributed by atoms with van der Waals surface area (Å²) < 4.78 is 1.05. The topological polar surface area (TPSA) is 62.3 Å². The van der Waals surface area contributed by atoms with Crippen LogP contribution in [-0.2, 0) is 9.59 Å². The van der Waals surface area contributed by atoms with Gasteiger partial charge in [-0.3, -0.25) is 9.59 Å². The maximum atomic E-state index is 12.2. The highest BCUT2D eigenvalue weighted by atomic mass is 32.1. The molecule has 1 saturated heterocycles. The van der Waals surface area contributed by atoms with Gasteiger partial charge in [-0.15, -0.1) is 0 Å². The summed E-state index contributed by atoms with van der Waals surface area (Å²) in [7, 11) is 1.67. The third-order valence-corrected chi connectivity index (χ3v) is 4.50. The van der Waals surface area contributed by atoms with Crippen molar-refractivity contribution in [2.45, 2.75) is 25.8 Å². The van der Waals surface area contributed by atoms with Crippen LogP contribution in [0.5, 0.6) is 0 Å². The van der Waals surface area contributed by atoms with Crippen molar-refractivity contribution >= 4 is 38.5 Å². The number of fused-ring (bicyclic) bond motifs is 1. The number of likely N-dealkylation sites (tertiary alicyclic amines) is 1. The first-order chi connectivity index (χ1) is 9.54. The number of likely N-dealkylation sites (N-methyl/N-ethyl adjacent to an activating group) is 1. The average Bonchev–Trinajstić information content (AvgIpc) is 2.93. The van der Waals surface area contributed by atoms with Gasteiger partial charge in [0.05, 0.1) is 10.2 Å². The van der Waals surface area contributed by atoms with Crippen LogP contribution < -0.4 is 5.32 Å². The molecule has 1 aliphatic rings. The molecule has 0 bridgehead atoms. The van der Waals surface area contributed by atoms with E-state index in [9.17, 15) is 9.59 Å². The summed E-state index contributed by atoms with van der Waals surface area (Å²) in [5, 5.41) is 3.40. The molecule has 5 nitrogen and oxygen atoms in total. The molecule has 1 atom stereocenters. The van der Waals surface area contributed by atoms with Crippen LogP contribution in [0.4, 0.5) is 5.13 Å². The maximum Gasteiger partial charge on any atom is 0.248 e. The molecular weight excluding hydrogens is 274 g/mol. The number of hydrogen-bond acceptors (Lipinski definition) is 4. The molecule has 20 heavy (non-hydrogen) atoms. The number of benzene rings is 1. The first-order valence-electron chi connectivity index (χ1n) is 6.48. The Bertz CT molecular complexity index is 695. The quantitative estimate of drug-likeness (QED) is 0.921. The molecule has 1 aromatic heterocycles. The Labute approximate surface area is 120 Å². The smallest absolute Gasteiger partial charge is 0.248 e. The van der Waals surface area contributed by atoms with E-state index in [0.29, 0.717) is 18.0 Å². The van der Waals surface area contributed by atoms with Crippen LogP contribution in [0.3, 0.4) is 0 Å². The SMILES string of the molecule is Cc1ccc2nc(NC(=O)C3CCC(=O)N3C)sc2c1. The van der Waals surface area contributed by atoms with Crippen LogP contribution in [0.2, 0.25) is 0 Å². The zero-order valence-corrected chi connectivity index (χ0v) is 12.2. The molecule has 104 valence electrons. The molecular formula is C14H15N3O2S. The largest absolute Gasteiger partial charge is 0.334 e. The van der Waals surface area contributed by atoms with Crippen molar-refractivity contribution in [3.8, 4) is 0 Å². The minimum absolute atomic E-state index is 0.0186. The lowest BCUT2D eigenvalue weighted by Crippen LogP contribution is -2.38. The van der Waals surface area contributed by atoms with E-state index in [0.717, 1.165) is 10.2 Å². The number of hydrogen-bond donors (Lipinski definition) is 1. The molecule has 3 rings (SSSR count). The van der Waals surface area contributed by atoms with Crippen LogP contribution >= 0.6 is 11.3 Å². The van der Waals surface area contributed by atoms with Crippen LogP contribution in [-0.4, -0.2) is 34.8 Å². The molecule has 1 aliphatic heterocycles. The molecule has 2 amide bonds. The Balaban J connectivity index is 1.79. The Morgan fingerprint density at radius 2 is 2.30 bits per heavy atom. The molecule has 2 aromatic rings. The lowest BCUT2D eigenvalue weighted by atomic mass is 10.2. The number of aryl methyl sites for hydroxylation is 1. The first kappa shape index (κ1) is 13.1. The van der Waals surface area contributed by atoms with Gasteiger partial charge in [-0.1, -0.05) is 17.4 Å². The lowest BCUT2D eigenvalue weighted by molar-refractivity contribution is -0.131. The number of nitrogens with zero attached hydrogens (tertiary/aromatic N) is 2. The standard InChI is InChI=1S/C14H15N3O2S/c1-8-3-4-9-11(7-8)20-14(15-9)16-13(19)10-5-6-12(18)17(10)2/h3-4,7,10H,5-6H2,1-2H3,(H,15,16,19). The molecule has 2 heterocycles. The average molecular weight is 289 g/mol. The van der Waals surface area contributed by atoms with Gasteiger partial charge >= 0.3 is 0 Å². The fourth-order valence-corrected chi connectivity index (χ4v) is 3.35. The van der Waals surface area contributed by atoms with Gasteiger partial charge < -0.3 is 10.2 Å². The molecule has 6 heteroatoms. The highest BCUT2D eigenvalue weighted by molar-refractivity contribution is 7.22. The van der Waals surface area contributed by atoms with Crippen molar-refractivity contribution in [2.24, 2.45) is 0 Å². The molecule has 1 N–H and O–H groups in total. The van der Waals surface area contributed by atoms with Gasteiger partial charge in [0.15, 0.2) is 5.13 Å². The maximum absolute atomic E-state index is 12.2. The summed E-state index contributed by atoms with van der Waals surface area (Å²) in [6.45, 7) is 2.02. The number of aromatic nitrogens is 1. The molecule has 0 aliphatic carbocycles. The van der Waals surface area contributed by atoms with E-state index in [1.807, 2.05) is 25.1 Å². The van der Waals surface area contributed by atoms with Gasteiger partial charge in [0.1, 0.15) is 6.04 Å². The van der Waals surface area contributed by atoms with Crippen LogP contribution in [0.1, 0.15) is 18.4 Å². The van der Waals surface area contributed by atoms with Gasteiger partial charge in [0, 0.05) is 13.5 Å². The summed E-state index contributed by atoms with van der Waals surface area (Å²) in [6.07, 6.45) is 1.01. The van der Waals surface area contributed by atoms with E-state index < -0.39 is 0 Å². The van der Waals surface area contributed by atoms with E-state index in [1.165, 1.54) is 21.8 Å². The number of carbonyl (C=O) groups excluding carboxylic acids is 2. The van der Waals surface area contributed by atoms with E-state index in [4.69, 9.17) is 0 Å². The van der Waals surface area contributed by atoms with E-state index >= 15 is 0 Å². The van der Waals surface area contributed by atoms with Crippen molar-refractivity contribution in [1.29, 1.82) is 0 Å². The summed E-state index contributed by atoms with van der Waals surface area (Å²) in [6, 6.07) is 5.61. The molecule has 1 aromatic carbocycles. The molecule has 1 fully saturated rings. The van der Waals surface area contributed by atoms with Crippen LogP contribution in [0, 0.1) is 6.92 Å². The third kappa shape index (κ3) is 2.27. The van der Waals surface area contributed by atoms with Gasteiger partial charge in [0.2, 0.25) is 11.8 Å². The summed E-state index contributed by atoms with van der Waals surface area (Å²) in [5.41, 5.74) is 2.05. The van der Waals surface area contributed by atoms with Crippen LogP contribution in [0.15, 0.2) is 18.2 Å². The van der Waals surface area contributed by atoms with Gasteiger partial charge in [-0.25, -0.2) is 4.98 Å². The predicted octanol–water partition coefficient (Wildman–Crippen LogP) is 2.16. The van der Waals surface area contributed by atoms with E-state index in [1.54, 1.807) is 7.05 Å². The van der Waals surface area contributed by atoms with Gasteiger partial charge in [-0.05, 0) is 31.0 Å². The van der Waals surface area contributed by atoms with Gasteiger partial charge in [-0.2, -0.15) is 0 Å². The monoisotopic (exact) mass is 289 g/mol. The zero-order chi connectivity index (χ0) is 14.3. The number of amides is 2. The summed E-state index contributed by atoms with van der Waals surface area (Å²) in [5.74, 6) is -0.140. The fourth-order valence-electron chi connectivity index (χ4n) is 2.38. The second kappa shape index (κ2) is 4.86. The minimum Gasteiger partial charge on any atom is -0.334 e. The Morgan fingerprint density at radius 3 is 3.00 bits per heavy atom. The van der Waals surface area contributed by atoms with E-state index in [-0.39, 0.29) is 17.9 Å². The second-order valence-corrected chi connectivity index (χ2v) is 6.07. The first-order valence-corrected chi connectivity index (χ1v) is 7.30. The van der Waals surface area contributed by atoms with Crippen molar-refractivity contribution < 1.29 is 9.59 Å². The normalized spacial score (nSPS) is 18.8. The zero-order valence-electron chi connectivity index (χ0n) is 11.3. The molecule has 0 saturated carbocycles. The van der Waals surface area contributed by atoms with Gasteiger partial charge in [0.25, 0.3) is 0 Å². The summed E-state index contributed by atoms with van der Waals surface area (Å²) in [4.78, 5) is 29.5. The highest BCUT2D eigenvalue weighted by Gasteiger charge is 2.33. The number of nitrogens with one attached hydrogen (secondary N) is 1. The summed E-state index contributed by atoms with van der Waals surface area (Å²) >= 11 is 1.45. The third-order valence-electron chi connectivity index (χ3n) is 3.57. The number of carbonyl (C=O) groups is 2. The van der Waals surface area contributed by atoms with Crippen molar-refractivity contribution in [3.05, 3.63) is 23.8 Å². The highest BCUT2D eigenvalue weighted by Crippen LogP contribution is 2.27. The molecule has 0 spiro atoms. The van der Waals surface area contributed by atoms with Crippen molar-refractivity contribution in [3.63, 3.8) is 0 Å². The van der Waals surface area contributed by atoms with E-state index in [2.05, 4.69) is 10.3 Å². The molecule has 0 radical (unpaired) electrons. The van der Waals surface area contributed by atoms with Crippen LogP contribution in [0.25, 0.3) is 10.2 Å². The lowest BCUT2D eigenvalue weighted by Gasteiger charge is -2.18. The number of rotatable bonds is 2. The molecule has 1 unspecified atom stereocenters. The Kier molecular flexibility index (Phi) is 3.17. The second-order valence-electron chi connectivity index (χ2n) is 5.04. The number of anilines is 1. The fraction of sp³-hybridized carbons (Fsp3) is 0.357. The predicted molar refractivity (Wildman–Crippen MR) is 78.8 cm³/mol. The Hall–Kier alpha value is -1.95. The van der Waals surface area contributed by atoms with Crippen molar-refractivity contribution in [1.82, 2.24) is 9.88 Å².